The first-order chi connectivity index (χ1) is 7.29. The molecule has 15 heavy (non-hydrogen) atoms. The van der Waals surface area contributed by atoms with Gasteiger partial charge in [-0.3, -0.25) is 0 Å². The van der Waals surface area contributed by atoms with Crippen LogP contribution in [-0.2, 0) is 6.42 Å². The van der Waals surface area contributed by atoms with Gasteiger partial charge in [0.25, 0.3) is 0 Å². The van der Waals surface area contributed by atoms with E-state index in [9.17, 15) is 0 Å². The third-order valence-corrected chi connectivity index (χ3v) is 2.53. The van der Waals surface area contributed by atoms with E-state index in [2.05, 4.69) is 41.2 Å². The topological polar surface area (TPSA) is 28.7 Å². The highest BCUT2D eigenvalue weighted by Gasteiger charge is 1.98. The van der Waals surface area contributed by atoms with E-state index in [1.54, 1.807) is 6.20 Å². The van der Waals surface area contributed by atoms with E-state index in [4.69, 9.17) is 12.2 Å². The van der Waals surface area contributed by atoms with Crippen LogP contribution in [0.5, 0.6) is 0 Å². The first-order valence-electron chi connectivity index (χ1n) is 4.94. The molecule has 0 saturated carbocycles. The number of hydrogen-bond acceptors (Lipinski definition) is 2. The Hall–Kier alpha value is -1.48. The Bertz CT molecular complexity index is 517. The largest absolute Gasteiger partial charge is 0.330 e. The predicted octanol–water partition coefficient (Wildman–Crippen LogP) is 3.37. The zero-order valence-electron chi connectivity index (χ0n) is 8.53. The van der Waals surface area contributed by atoms with Crippen LogP contribution in [0.4, 0.5) is 0 Å². The molecule has 0 radical (unpaired) electrons. The van der Waals surface area contributed by atoms with Crippen LogP contribution in [-0.4, -0.2) is 9.97 Å². The summed E-state index contributed by atoms with van der Waals surface area (Å²) in [5, 5.41) is 0. The average molecular weight is 216 g/mol. The van der Waals surface area contributed by atoms with Crippen molar-refractivity contribution in [3.05, 3.63) is 46.9 Å². The Labute approximate surface area is 94.0 Å². The fraction of sp³-hybridized carbons (Fsp3) is 0.167. The minimum atomic E-state index is 0.523. The van der Waals surface area contributed by atoms with Crippen molar-refractivity contribution in [2.24, 2.45) is 0 Å². The van der Waals surface area contributed by atoms with Crippen LogP contribution in [0.15, 0.2) is 36.5 Å². The van der Waals surface area contributed by atoms with Crippen molar-refractivity contribution in [1.82, 2.24) is 9.97 Å². The number of H-pyrrole nitrogens is 1. The number of nitrogens with zero attached hydrogens (tertiary/aromatic N) is 1. The Morgan fingerprint density at radius 1 is 1.33 bits per heavy atom. The highest BCUT2D eigenvalue weighted by atomic mass is 32.1. The molecule has 1 heterocycles. The lowest BCUT2D eigenvalue weighted by Crippen LogP contribution is -1.87. The van der Waals surface area contributed by atoms with Crippen molar-refractivity contribution in [3.63, 3.8) is 0 Å². The maximum Gasteiger partial charge on any atom is 0.197 e. The Morgan fingerprint density at radius 3 is 2.93 bits per heavy atom. The van der Waals surface area contributed by atoms with Gasteiger partial charge in [-0.1, -0.05) is 25.1 Å². The lowest BCUT2D eigenvalue weighted by molar-refractivity contribution is 1.12. The minimum Gasteiger partial charge on any atom is -0.330 e. The van der Waals surface area contributed by atoms with Gasteiger partial charge in [0.05, 0.1) is 0 Å². The zero-order chi connectivity index (χ0) is 10.7. The summed E-state index contributed by atoms with van der Waals surface area (Å²) in [4.78, 5) is 7.05. The molecule has 1 aromatic heterocycles. The highest BCUT2D eigenvalue weighted by molar-refractivity contribution is 7.71. The number of benzene rings is 1. The van der Waals surface area contributed by atoms with Gasteiger partial charge in [0.15, 0.2) is 4.77 Å². The van der Waals surface area contributed by atoms with Gasteiger partial charge in [0, 0.05) is 11.9 Å². The third-order valence-electron chi connectivity index (χ3n) is 2.32. The highest BCUT2D eigenvalue weighted by Crippen LogP contribution is 2.17. The van der Waals surface area contributed by atoms with Crippen LogP contribution >= 0.6 is 12.2 Å². The van der Waals surface area contributed by atoms with Crippen LogP contribution in [0, 0.1) is 4.77 Å². The maximum atomic E-state index is 4.99. The summed E-state index contributed by atoms with van der Waals surface area (Å²) < 4.78 is 0.523. The lowest BCUT2D eigenvalue weighted by Gasteiger charge is -2.03. The standard InChI is InChI=1S/C12H12N2S/c1-2-9-4-3-5-10(8-9)11-6-7-13-12(15)14-11/h3-8H,2H2,1H3,(H,13,14,15). The second-order valence-corrected chi connectivity index (χ2v) is 3.73. The molecule has 0 unspecified atom stereocenters. The van der Waals surface area contributed by atoms with Crippen molar-refractivity contribution < 1.29 is 0 Å². The van der Waals surface area contributed by atoms with E-state index in [0.29, 0.717) is 4.77 Å². The quantitative estimate of drug-likeness (QED) is 0.780. The summed E-state index contributed by atoms with van der Waals surface area (Å²) in [7, 11) is 0. The summed E-state index contributed by atoms with van der Waals surface area (Å²) in [5.74, 6) is 0. The van der Waals surface area contributed by atoms with Crippen molar-refractivity contribution in [2.45, 2.75) is 13.3 Å². The molecule has 3 heteroatoms. The van der Waals surface area contributed by atoms with E-state index in [0.717, 1.165) is 17.7 Å². The second-order valence-electron chi connectivity index (χ2n) is 3.34. The molecule has 76 valence electrons. The summed E-state index contributed by atoms with van der Waals surface area (Å²) in [5.41, 5.74) is 3.50. The monoisotopic (exact) mass is 216 g/mol. The number of rotatable bonds is 2. The zero-order valence-corrected chi connectivity index (χ0v) is 9.34. The summed E-state index contributed by atoms with van der Waals surface area (Å²) in [6.07, 6.45) is 2.77. The summed E-state index contributed by atoms with van der Waals surface area (Å²) in [6, 6.07) is 10.4. The van der Waals surface area contributed by atoms with E-state index in [1.807, 2.05) is 6.07 Å². The van der Waals surface area contributed by atoms with Crippen molar-refractivity contribution in [2.75, 3.05) is 0 Å². The molecule has 0 fully saturated rings. The van der Waals surface area contributed by atoms with Crippen LogP contribution in [0.2, 0.25) is 0 Å². The first kappa shape index (κ1) is 10.1. The number of nitrogens with one attached hydrogen (secondary N) is 1. The number of aryl methyl sites for hydroxylation is 1. The van der Waals surface area contributed by atoms with E-state index in [1.165, 1.54) is 5.56 Å². The molecule has 0 amide bonds. The molecule has 1 N–H and O–H groups in total. The molecule has 0 atom stereocenters. The molecule has 0 saturated heterocycles. The van der Waals surface area contributed by atoms with Crippen LogP contribution < -0.4 is 0 Å². The maximum absolute atomic E-state index is 4.99. The van der Waals surface area contributed by atoms with Gasteiger partial charge >= 0.3 is 0 Å². The SMILES string of the molecule is CCc1cccc(-c2ccnc(=S)[nH]2)c1. The number of hydrogen-bond donors (Lipinski definition) is 1. The van der Waals surface area contributed by atoms with Gasteiger partial charge in [-0.25, -0.2) is 4.98 Å². The second kappa shape index (κ2) is 4.36. The van der Waals surface area contributed by atoms with Gasteiger partial charge in [0.1, 0.15) is 0 Å². The Balaban J connectivity index is 2.49. The fourth-order valence-electron chi connectivity index (χ4n) is 1.50. The average Bonchev–Trinajstić information content (AvgIpc) is 2.29. The van der Waals surface area contributed by atoms with Gasteiger partial charge in [-0.05, 0) is 41.9 Å². The normalized spacial score (nSPS) is 10.2. The molecular formula is C12H12N2S. The molecule has 0 spiro atoms. The molecule has 2 nitrogen and oxygen atoms in total. The number of aromatic amines is 1. The summed E-state index contributed by atoms with van der Waals surface area (Å²) in [6.45, 7) is 2.15. The van der Waals surface area contributed by atoms with Crippen molar-refractivity contribution in [3.8, 4) is 11.3 Å². The minimum absolute atomic E-state index is 0.523. The molecule has 0 aliphatic heterocycles. The van der Waals surface area contributed by atoms with E-state index < -0.39 is 0 Å². The molecule has 0 aliphatic rings. The molecule has 2 rings (SSSR count). The van der Waals surface area contributed by atoms with Gasteiger partial charge in [-0.15, -0.1) is 0 Å². The van der Waals surface area contributed by atoms with Crippen molar-refractivity contribution >= 4 is 12.2 Å². The van der Waals surface area contributed by atoms with Gasteiger partial charge in [0.2, 0.25) is 0 Å². The molecular weight excluding hydrogens is 204 g/mol. The van der Waals surface area contributed by atoms with Crippen LogP contribution in [0.25, 0.3) is 11.3 Å². The number of aromatic nitrogens is 2. The van der Waals surface area contributed by atoms with Gasteiger partial charge < -0.3 is 4.98 Å². The van der Waals surface area contributed by atoms with Crippen LogP contribution in [0.3, 0.4) is 0 Å². The fourth-order valence-corrected chi connectivity index (χ4v) is 1.67. The smallest absolute Gasteiger partial charge is 0.197 e. The molecule has 0 aliphatic carbocycles. The molecule has 1 aromatic carbocycles. The predicted molar refractivity (Wildman–Crippen MR) is 64.2 cm³/mol. The van der Waals surface area contributed by atoms with E-state index >= 15 is 0 Å². The Kier molecular flexibility index (Phi) is 2.92. The van der Waals surface area contributed by atoms with Crippen LogP contribution in [0.1, 0.15) is 12.5 Å². The van der Waals surface area contributed by atoms with Gasteiger partial charge in [-0.2, -0.15) is 0 Å². The Morgan fingerprint density at radius 2 is 2.20 bits per heavy atom. The molecule has 0 bridgehead atoms. The van der Waals surface area contributed by atoms with E-state index in [-0.39, 0.29) is 0 Å². The third kappa shape index (κ3) is 2.30. The summed E-state index contributed by atoms with van der Waals surface area (Å²) >= 11 is 4.99. The first-order valence-corrected chi connectivity index (χ1v) is 5.35. The lowest BCUT2D eigenvalue weighted by atomic mass is 10.1. The molecule has 2 aromatic rings. The van der Waals surface area contributed by atoms with Crippen molar-refractivity contribution in [1.29, 1.82) is 0 Å².